The summed E-state index contributed by atoms with van der Waals surface area (Å²) in [5.41, 5.74) is 0.451. The molecule has 23 heavy (non-hydrogen) atoms. The van der Waals surface area contributed by atoms with Crippen LogP contribution in [0, 0.1) is 0 Å². The fourth-order valence-electron chi connectivity index (χ4n) is 2.62. The van der Waals surface area contributed by atoms with E-state index in [2.05, 4.69) is 5.32 Å². The second-order valence-electron chi connectivity index (χ2n) is 5.55. The van der Waals surface area contributed by atoms with E-state index in [0.29, 0.717) is 30.0 Å². The third-order valence-electron chi connectivity index (χ3n) is 3.95. The largest absolute Gasteiger partial charge is 0.497 e. The highest BCUT2D eigenvalue weighted by Crippen LogP contribution is 2.22. The average molecular weight is 320 g/mol. The van der Waals surface area contributed by atoms with Gasteiger partial charge in [-0.05, 0) is 31.4 Å². The minimum atomic E-state index is -0.242. The number of rotatable bonds is 6. The van der Waals surface area contributed by atoms with Gasteiger partial charge >= 0.3 is 0 Å². The number of ether oxygens (including phenoxy) is 2. The molecule has 1 aromatic carbocycles. The van der Waals surface area contributed by atoms with E-state index >= 15 is 0 Å². The molecule has 0 aromatic heterocycles. The van der Waals surface area contributed by atoms with Gasteiger partial charge in [-0.25, -0.2) is 0 Å². The summed E-state index contributed by atoms with van der Waals surface area (Å²) in [5.74, 6) is 0.972. The van der Waals surface area contributed by atoms with Crippen molar-refractivity contribution >= 4 is 11.8 Å². The number of benzene rings is 1. The quantitative estimate of drug-likeness (QED) is 0.868. The van der Waals surface area contributed by atoms with Crippen molar-refractivity contribution in [3.05, 3.63) is 23.8 Å². The monoisotopic (exact) mass is 320 g/mol. The molecule has 2 rings (SSSR count). The van der Waals surface area contributed by atoms with E-state index in [1.165, 1.54) is 20.6 Å². The van der Waals surface area contributed by atoms with Gasteiger partial charge in [-0.15, -0.1) is 0 Å². The van der Waals surface area contributed by atoms with Crippen LogP contribution in [-0.2, 0) is 4.79 Å². The number of carbonyl (C=O) groups excluding carboxylic acids is 2. The highest BCUT2D eigenvalue weighted by Gasteiger charge is 2.16. The third kappa shape index (κ3) is 4.87. The summed E-state index contributed by atoms with van der Waals surface area (Å²) in [6, 6.07) is 4.99. The van der Waals surface area contributed by atoms with Gasteiger partial charge in [-0.1, -0.05) is 0 Å². The highest BCUT2D eigenvalue weighted by molar-refractivity contribution is 5.95. The fraction of sp³-hybridized carbons (Fsp3) is 0.529. The number of carbonyl (C=O) groups is 2. The molecule has 1 saturated heterocycles. The van der Waals surface area contributed by atoms with Crippen LogP contribution in [0.15, 0.2) is 18.2 Å². The summed E-state index contributed by atoms with van der Waals surface area (Å²) in [5, 5.41) is 2.77. The molecule has 6 heteroatoms. The average Bonchev–Trinajstić information content (AvgIpc) is 2.61. The molecule has 2 amide bonds. The van der Waals surface area contributed by atoms with E-state index in [4.69, 9.17) is 9.47 Å². The molecule has 1 heterocycles. The lowest BCUT2D eigenvalue weighted by Gasteiger charge is -2.26. The van der Waals surface area contributed by atoms with Gasteiger partial charge in [0.1, 0.15) is 11.5 Å². The Morgan fingerprint density at radius 2 is 1.65 bits per heavy atom. The number of methoxy groups -OCH3 is 2. The molecule has 0 atom stereocenters. The number of piperidine rings is 1. The summed E-state index contributed by atoms with van der Waals surface area (Å²) >= 11 is 0. The Kier molecular flexibility index (Phi) is 6.26. The Morgan fingerprint density at radius 3 is 2.22 bits per heavy atom. The maximum Gasteiger partial charge on any atom is 0.251 e. The van der Waals surface area contributed by atoms with Gasteiger partial charge in [0, 0.05) is 37.7 Å². The van der Waals surface area contributed by atoms with Crippen molar-refractivity contribution in [2.45, 2.75) is 25.7 Å². The normalized spacial score (nSPS) is 14.3. The Morgan fingerprint density at radius 1 is 1.04 bits per heavy atom. The van der Waals surface area contributed by atoms with Crippen molar-refractivity contribution in [1.29, 1.82) is 0 Å². The van der Waals surface area contributed by atoms with Crippen LogP contribution in [0.2, 0.25) is 0 Å². The van der Waals surface area contributed by atoms with Gasteiger partial charge in [0.05, 0.1) is 14.2 Å². The Balaban J connectivity index is 1.85. The van der Waals surface area contributed by atoms with Gasteiger partial charge < -0.3 is 19.7 Å². The van der Waals surface area contributed by atoms with Crippen molar-refractivity contribution in [3.8, 4) is 11.5 Å². The molecular formula is C17H24N2O4. The van der Waals surface area contributed by atoms with Crippen LogP contribution < -0.4 is 14.8 Å². The molecule has 1 aliphatic heterocycles. The molecular weight excluding hydrogens is 296 g/mol. The van der Waals surface area contributed by atoms with Crippen molar-refractivity contribution in [2.24, 2.45) is 0 Å². The summed E-state index contributed by atoms with van der Waals surface area (Å²) in [6.07, 6.45) is 3.66. The standard InChI is InChI=1S/C17H24N2O4/c1-22-14-10-13(11-15(12-14)23-2)17(21)18-7-6-16(20)19-8-4-3-5-9-19/h10-12H,3-9H2,1-2H3,(H,18,21). The van der Waals surface area contributed by atoms with Crippen LogP contribution in [0.25, 0.3) is 0 Å². The second-order valence-corrected chi connectivity index (χ2v) is 5.55. The summed E-state index contributed by atoms with van der Waals surface area (Å²) in [4.78, 5) is 26.1. The topological polar surface area (TPSA) is 67.9 Å². The minimum absolute atomic E-state index is 0.105. The number of hydrogen-bond acceptors (Lipinski definition) is 4. The summed E-state index contributed by atoms with van der Waals surface area (Å²) < 4.78 is 10.3. The molecule has 1 aromatic rings. The van der Waals surface area contributed by atoms with Crippen LogP contribution in [-0.4, -0.2) is 50.6 Å². The molecule has 126 valence electrons. The SMILES string of the molecule is COc1cc(OC)cc(C(=O)NCCC(=O)N2CCCCC2)c1. The first kappa shape index (κ1) is 17.1. The Labute approximate surface area is 136 Å². The first-order valence-corrected chi connectivity index (χ1v) is 7.93. The third-order valence-corrected chi connectivity index (χ3v) is 3.95. The molecule has 0 radical (unpaired) electrons. The molecule has 1 aliphatic rings. The lowest BCUT2D eigenvalue weighted by Crippen LogP contribution is -2.37. The van der Waals surface area contributed by atoms with Crippen molar-refractivity contribution < 1.29 is 19.1 Å². The van der Waals surface area contributed by atoms with Crippen LogP contribution in [0.4, 0.5) is 0 Å². The number of hydrogen-bond donors (Lipinski definition) is 1. The Bertz CT molecular complexity index is 531. The van der Waals surface area contributed by atoms with Crippen LogP contribution in [0.5, 0.6) is 11.5 Å². The fourth-order valence-corrected chi connectivity index (χ4v) is 2.62. The zero-order valence-electron chi connectivity index (χ0n) is 13.8. The molecule has 0 bridgehead atoms. The zero-order chi connectivity index (χ0) is 16.7. The van der Waals surface area contributed by atoms with E-state index in [1.807, 2.05) is 4.90 Å². The van der Waals surface area contributed by atoms with Crippen molar-refractivity contribution in [2.75, 3.05) is 33.9 Å². The van der Waals surface area contributed by atoms with E-state index in [0.717, 1.165) is 25.9 Å². The summed E-state index contributed by atoms with van der Waals surface area (Å²) in [6.45, 7) is 1.99. The van der Waals surface area contributed by atoms with Gasteiger partial charge in [0.15, 0.2) is 0 Å². The van der Waals surface area contributed by atoms with Gasteiger partial charge in [-0.2, -0.15) is 0 Å². The maximum atomic E-state index is 12.2. The van der Waals surface area contributed by atoms with Crippen LogP contribution >= 0.6 is 0 Å². The molecule has 6 nitrogen and oxygen atoms in total. The van der Waals surface area contributed by atoms with Crippen molar-refractivity contribution in [1.82, 2.24) is 10.2 Å². The molecule has 1 fully saturated rings. The van der Waals surface area contributed by atoms with E-state index in [1.54, 1.807) is 18.2 Å². The van der Waals surface area contributed by atoms with Crippen molar-refractivity contribution in [3.63, 3.8) is 0 Å². The molecule has 0 spiro atoms. The second kappa shape index (κ2) is 8.41. The first-order chi connectivity index (χ1) is 11.1. The predicted molar refractivity (Wildman–Crippen MR) is 86.9 cm³/mol. The first-order valence-electron chi connectivity index (χ1n) is 7.93. The van der Waals surface area contributed by atoms with Gasteiger partial charge in [-0.3, -0.25) is 9.59 Å². The van der Waals surface area contributed by atoms with E-state index < -0.39 is 0 Å². The number of amides is 2. The van der Waals surface area contributed by atoms with Crippen LogP contribution in [0.1, 0.15) is 36.0 Å². The zero-order valence-corrected chi connectivity index (χ0v) is 13.8. The maximum absolute atomic E-state index is 12.2. The summed E-state index contributed by atoms with van der Waals surface area (Å²) in [7, 11) is 3.07. The van der Waals surface area contributed by atoms with E-state index in [9.17, 15) is 9.59 Å². The molecule has 0 unspecified atom stereocenters. The number of nitrogens with one attached hydrogen (secondary N) is 1. The Hall–Kier alpha value is -2.24. The number of nitrogens with zero attached hydrogens (tertiary/aromatic N) is 1. The number of likely N-dealkylation sites (tertiary alicyclic amines) is 1. The smallest absolute Gasteiger partial charge is 0.251 e. The highest BCUT2D eigenvalue weighted by atomic mass is 16.5. The van der Waals surface area contributed by atoms with Gasteiger partial charge in [0.25, 0.3) is 5.91 Å². The predicted octanol–water partition coefficient (Wildman–Crippen LogP) is 1.84. The molecule has 0 aliphatic carbocycles. The van der Waals surface area contributed by atoms with Crippen LogP contribution in [0.3, 0.4) is 0 Å². The minimum Gasteiger partial charge on any atom is -0.497 e. The molecule has 1 N–H and O–H groups in total. The lowest BCUT2D eigenvalue weighted by atomic mass is 10.1. The van der Waals surface area contributed by atoms with E-state index in [-0.39, 0.29) is 11.8 Å². The van der Waals surface area contributed by atoms with Gasteiger partial charge in [0.2, 0.25) is 5.91 Å². The molecule has 0 saturated carbocycles. The lowest BCUT2D eigenvalue weighted by molar-refractivity contribution is -0.131.